The van der Waals surface area contributed by atoms with E-state index in [4.69, 9.17) is 4.74 Å². The van der Waals surface area contributed by atoms with Crippen molar-refractivity contribution in [2.75, 3.05) is 6.61 Å². The molecule has 21 heavy (non-hydrogen) atoms. The van der Waals surface area contributed by atoms with E-state index < -0.39 is 0 Å². The van der Waals surface area contributed by atoms with E-state index in [-0.39, 0.29) is 17.3 Å². The monoisotopic (exact) mass is 294 g/mol. The van der Waals surface area contributed by atoms with Gasteiger partial charge < -0.3 is 9.64 Å². The lowest BCUT2D eigenvalue weighted by Gasteiger charge is -2.45. The lowest BCUT2D eigenvalue weighted by molar-refractivity contribution is -0.145. The number of carbonyl (C=O) groups is 1. The molecule has 1 spiro atoms. The molecule has 0 aromatic carbocycles. The average molecular weight is 294 g/mol. The van der Waals surface area contributed by atoms with Gasteiger partial charge in [-0.2, -0.15) is 0 Å². The second kappa shape index (κ2) is 5.24. The van der Waals surface area contributed by atoms with Gasteiger partial charge in [-0.05, 0) is 44.4 Å². The molecular weight excluding hydrogens is 264 g/mol. The Labute approximate surface area is 128 Å². The van der Waals surface area contributed by atoms with Crippen LogP contribution in [-0.2, 0) is 9.53 Å². The highest BCUT2D eigenvalue weighted by atomic mass is 16.5. The third kappa shape index (κ3) is 2.40. The topological polar surface area (TPSA) is 41.6 Å². The molecule has 2 atom stereocenters. The molecule has 1 N–H and O–H groups in total. The Balaban J connectivity index is 1.82. The van der Waals surface area contributed by atoms with Crippen LogP contribution in [0, 0.1) is 5.92 Å². The highest BCUT2D eigenvalue weighted by molar-refractivity contribution is 5.92. The van der Waals surface area contributed by atoms with Gasteiger partial charge in [0.05, 0.1) is 17.3 Å². The second-order valence-electron chi connectivity index (χ2n) is 7.51. The smallest absolute Gasteiger partial charge is 0.244 e. The lowest BCUT2D eigenvalue weighted by atomic mass is 9.85. The summed E-state index contributed by atoms with van der Waals surface area (Å²) >= 11 is 0. The zero-order chi connectivity index (χ0) is 15.3. The SMILES string of the molecule is CCC1(CC)CC(N2C(=O)C3(CC3)NC2C(C)C)CCO1. The molecule has 3 aliphatic rings. The average Bonchev–Trinajstić information content (AvgIpc) is 3.20. The number of hydrogen-bond acceptors (Lipinski definition) is 3. The van der Waals surface area contributed by atoms with Crippen LogP contribution in [0.4, 0.5) is 0 Å². The third-order valence-electron chi connectivity index (χ3n) is 5.90. The summed E-state index contributed by atoms with van der Waals surface area (Å²) in [5, 5.41) is 3.64. The number of rotatable bonds is 4. The van der Waals surface area contributed by atoms with Crippen LogP contribution in [0.1, 0.15) is 66.2 Å². The minimum atomic E-state index is -0.200. The second-order valence-corrected chi connectivity index (χ2v) is 7.51. The van der Waals surface area contributed by atoms with Crippen LogP contribution in [0.5, 0.6) is 0 Å². The van der Waals surface area contributed by atoms with Crippen molar-refractivity contribution in [3.8, 4) is 0 Å². The highest BCUT2D eigenvalue weighted by Gasteiger charge is 2.61. The minimum Gasteiger partial charge on any atom is -0.375 e. The summed E-state index contributed by atoms with van der Waals surface area (Å²) in [5.41, 5.74) is -0.224. The number of nitrogens with zero attached hydrogens (tertiary/aromatic N) is 1. The van der Waals surface area contributed by atoms with Crippen molar-refractivity contribution >= 4 is 5.91 Å². The first-order chi connectivity index (χ1) is 9.97. The molecule has 0 radical (unpaired) electrons. The van der Waals surface area contributed by atoms with Gasteiger partial charge >= 0.3 is 0 Å². The van der Waals surface area contributed by atoms with Crippen LogP contribution in [0.3, 0.4) is 0 Å². The van der Waals surface area contributed by atoms with Gasteiger partial charge in [0.1, 0.15) is 0 Å². The largest absolute Gasteiger partial charge is 0.375 e. The molecular formula is C17H30N2O2. The van der Waals surface area contributed by atoms with Crippen molar-refractivity contribution in [2.24, 2.45) is 5.92 Å². The van der Waals surface area contributed by atoms with Crippen molar-refractivity contribution in [1.82, 2.24) is 10.2 Å². The summed E-state index contributed by atoms with van der Waals surface area (Å²) in [6.07, 6.45) is 6.28. The Kier molecular flexibility index (Phi) is 3.81. The molecule has 3 fully saturated rings. The van der Waals surface area contributed by atoms with Crippen molar-refractivity contribution in [2.45, 2.75) is 89.6 Å². The summed E-state index contributed by atoms with van der Waals surface area (Å²) in [5.74, 6) is 0.809. The van der Waals surface area contributed by atoms with E-state index in [2.05, 4.69) is 37.9 Å². The van der Waals surface area contributed by atoms with E-state index in [9.17, 15) is 4.79 Å². The zero-order valence-corrected chi connectivity index (χ0v) is 13.9. The molecule has 4 nitrogen and oxygen atoms in total. The number of carbonyl (C=O) groups excluding carboxylic acids is 1. The van der Waals surface area contributed by atoms with Crippen LogP contribution < -0.4 is 5.32 Å². The molecule has 1 saturated carbocycles. The Morgan fingerprint density at radius 1 is 1.33 bits per heavy atom. The molecule has 2 aliphatic heterocycles. The van der Waals surface area contributed by atoms with Gasteiger partial charge in [0, 0.05) is 12.6 Å². The predicted molar refractivity (Wildman–Crippen MR) is 82.9 cm³/mol. The predicted octanol–water partition coefficient (Wildman–Crippen LogP) is 2.67. The van der Waals surface area contributed by atoms with Crippen LogP contribution >= 0.6 is 0 Å². The van der Waals surface area contributed by atoms with Crippen molar-refractivity contribution in [3.63, 3.8) is 0 Å². The molecule has 2 unspecified atom stereocenters. The maximum absolute atomic E-state index is 12.9. The number of nitrogens with one attached hydrogen (secondary N) is 1. The minimum absolute atomic E-state index is 0.0238. The Hall–Kier alpha value is -0.610. The van der Waals surface area contributed by atoms with Crippen molar-refractivity contribution in [3.05, 3.63) is 0 Å². The molecule has 0 bridgehead atoms. The molecule has 0 aromatic rings. The molecule has 3 rings (SSSR count). The van der Waals surface area contributed by atoms with Crippen LogP contribution in [0.2, 0.25) is 0 Å². The first-order valence-electron chi connectivity index (χ1n) is 8.71. The maximum atomic E-state index is 12.9. The summed E-state index contributed by atoms with van der Waals surface area (Å²) < 4.78 is 6.09. The van der Waals surface area contributed by atoms with E-state index in [1.807, 2.05) is 0 Å². The quantitative estimate of drug-likeness (QED) is 0.867. The fourth-order valence-corrected chi connectivity index (χ4v) is 4.13. The number of ether oxygens (including phenoxy) is 1. The Morgan fingerprint density at radius 3 is 2.52 bits per heavy atom. The van der Waals surface area contributed by atoms with Crippen LogP contribution in [0.15, 0.2) is 0 Å². The molecule has 2 saturated heterocycles. The van der Waals surface area contributed by atoms with Gasteiger partial charge in [0.2, 0.25) is 5.91 Å². The van der Waals surface area contributed by atoms with Gasteiger partial charge in [-0.1, -0.05) is 27.7 Å². The maximum Gasteiger partial charge on any atom is 0.244 e. The van der Waals surface area contributed by atoms with E-state index >= 15 is 0 Å². The van der Waals surface area contributed by atoms with E-state index in [1.54, 1.807) is 0 Å². The van der Waals surface area contributed by atoms with Crippen LogP contribution in [0.25, 0.3) is 0 Å². The standard InChI is InChI=1S/C17H30N2O2/c1-5-16(6-2)11-13(7-10-21-16)19-14(12(3)4)18-17(8-9-17)15(19)20/h12-14,18H,5-11H2,1-4H3. The van der Waals surface area contributed by atoms with Crippen LogP contribution in [-0.4, -0.2) is 40.8 Å². The van der Waals surface area contributed by atoms with Gasteiger partial charge in [-0.3, -0.25) is 10.1 Å². The molecule has 2 heterocycles. The fourth-order valence-electron chi connectivity index (χ4n) is 4.13. The first-order valence-corrected chi connectivity index (χ1v) is 8.71. The van der Waals surface area contributed by atoms with Gasteiger partial charge in [0.25, 0.3) is 0 Å². The highest BCUT2D eigenvalue weighted by Crippen LogP contribution is 2.46. The van der Waals surface area contributed by atoms with Gasteiger partial charge in [0.15, 0.2) is 0 Å². The molecule has 120 valence electrons. The van der Waals surface area contributed by atoms with E-state index in [0.29, 0.717) is 17.9 Å². The molecule has 4 heteroatoms. The van der Waals surface area contributed by atoms with Gasteiger partial charge in [-0.15, -0.1) is 0 Å². The number of amides is 1. The zero-order valence-electron chi connectivity index (χ0n) is 13.9. The summed E-state index contributed by atoms with van der Waals surface area (Å²) in [6.45, 7) is 9.63. The van der Waals surface area contributed by atoms with Crippen molar-refractivity contribution < 1.29 is 9.53 Å². The van der Waals surface area contributed by atoms with E-state index in [0.717, 1.165) is 45.1 Å². The van der Waals surface area contributed by atoms with E-state index in [1.165, 1.54) is 0 Å². The number of hydrogen-bond donors (Lipinski definition) is 1. The normalized spacial score (nSPS) is 34.0. The van der Waals surface area contributed by atoms with Crippen molar-refractivity contribution in [1.29, 1.82) is 0 Å². The first kappa shape index (κ1) is 15.3. The fraction of sp³-hybridized carbons (Fsp3) is 0.941. The summed E-state index contributed by atoms with van der Waals surface area (Å²) in [4.78, 5) is 15.1. The molecule has 1 aliphatic carbocycles. The third-order valence-corrected chi connectivity index (χ3v) is 5.90. The summed E-state index contributed by atoms with van der Waals surface area (Å²) in [6, 6.07) is 0.339. The lowest BCUT2D eigenvalue weighted by Crippen LogP contribution is -2.53. The summed E-state index contributed by atoms with van der Waals surface area (Å²) in [7, 11) is 0. The van der Waals surface area contributed by atoms with Gasteiger partial charge in [-0.25, -0.2) is 0 Å². The Bertz CT molecular complexity index is 413. The molecule has 0 aromatic heterocycles. The molecule has 1 amide bonds. The Morgan fingerprint density at radius 2 is 2.00 bits per heavy atom.